The lowest BCUT2D eigenvalue weighted by molar-refractivity contribution is 0.217. The van der Waals surface area contributed by atoms with Crippen LogP contribution in [-0.4, -0.2) is 42.6 Å². The summed E-state index contributed by atoms with van der Waals surface area (Å²) in [6.45, 7) is 1.55. The van der Waals surface area contributed by atoms with Gasteiger partial charge in [-0.05, 0) is 18.2 Å². The van der Waals surface area contributed by atoms with Crippen molar-refractivity contribution < 1.29 is 9.53 Å². The number of carbonyl (C=O) groups is 1. The summed E-state index contributed by atoms with van der Waals surface area (Å²) in [4.78, 5) is 13.9. The van der Waals surface area contributed by atoms with Gasteiger partial charge in [0, 0.05) is 29.6 Å². The Labute approximate surface area is 116 Å². The first kappa shape index (κ1) is 13.4. The number of nitrogens with one attached hydrogen (secondary N) is 1. The topological polar surface area (TPSA) is 41.6 Å². The van der Waals surface area contributed by atoms with E-state index in [1.54, 1.807) is 30.2 Å². The van der Waals surface area contributed by atoms with Gasteiger partial charge in [-0.3, -0.25) is 0 Å². The van der Waals surface area contributed by atoms with Gasteiger partial charge in [0.2, 0.25) is 0 Å². The number of carbonyl (C=O) groups excluding carboxylic acids is 1. The zero-order chi connectivity index (χ0) is 13.0. The number of benzene rings is 1. The van der Waals surface area contributed by atoms with E-state index in [1.165, 1.54) is 0 Å². The maximum atomic E-state index is 12.1. The predicted molar refractivity (Wildman–Crippen MR) is 75.9 cm³/mol. The first-order chi connectivity index (χ1) is 8.70. The highest BCUT2D eigenvalue weighted by molar-refractivity contribution is 7.99. The highest BCUT2D eigenvalue weighted by atomic mass is 35.5. The first-order valence-corrected chi connectivity index (χ1v) is 7.21. The molecule has 0 radical (unpaired) electrons. The maximum Gasteiger partial charge on any atom is 0.322 e. The van der Waals surface area contributed by atoms with Gasteiger partial charge in [-0.15, -0.1) is 0 Å². The van der Waals surface area contributed by atoms with Crippen molar-refractivity contribution >= 4 is 35.1 Å². The van der Waals surface area contributed by atoms with Crippen molar-refractivity contribution in [3.63, 3.8) is 0 Å². The Morgan fingerprint density at radius 1 is 1.44 bits per heavy atom. The summed E-state index contributed by atoms with van der Waals surface area (Å²) in [7, 11) is 1.57. The molecule has 0 aromatic heterocycles. The fraction of sp³-hybridized carbons (Fsp3) is 0.417. The third kappa shape index (κ3) is 3.23. The summed E-state index contributed by atoms with van der Waals surface area (Å²) in [6.07, 6.45) is 0. The second-order valence-electron chi connectivity index (χ2n) is 3.87. The molecule has 1 aromatic rings. The van der Waals surface area contributed by atoms with E-state index < -0.39 is 0 Å². The number of urea groups is 1. The van der Waals surface area contributed by atoms with Gasteiger partial charge in [0.05, 0.1) is 12.8 Å². The summed E-state index contributed by atoms with van der Waals surface area (Å²) in [5.74, 6) is 2.58. The molecule has 1 saturated heterocycles. The van der Waals surface area contributed by atoms with E-state index in [4.69, 9.17) is 16.3 Å². The number of hydrogen-bond donors (Lipinski definition) is 1. The summed E-state index contributed by atoms with van der Waals surface area (Å²) in [5, 5.41) is 3.41. The lowest BCUT2D eigenvalue weighted by atomic mass is 10.3. The van der Waals surface area contributed by atoms with Gasteiger partial charge < -0.3 is 15.0 Å². The van der Waals surface area contributed by atoms with Crippen LogP contribution in [-0.2, 0) is 0 Å². The quantitative estimate of drug-likeness (QED) is 0.909. The molecule has 1 N–H and O–H groups in total. The van der Waals surface area contributed by atoms with E-state index in [1.807, 2.05) is 11.8 Å². The van der Waals surface area contributed by atoms with Crippen LogP contribution in [0.25, 0.3) is 0 Å². The number of amides is 2. The number of methoxy groups -OCH3 is 1. The fourth-order valence-corrected chi connectivity index (χ4v) is 2.81. The van der Waals surface area contributed by atoms with Gasteiger partial charge in [0.25, 0.3) is 0 Å². The molecule has 0 atom stereocenters. The molecular weight excluding hydrogens is 272 g/mol. The van der Waals surface area contributed by atoms with Crippen LogP contribution in [0, 0.1) is 0 Å². The van der Waals surface area contributed by atoms with Gasteiger partial charge in [-0.2, -0.15) is 11.8 Å². The minimum atomic E-state index is -0.101. The van der Waals surface area contributed by atoms with Crippen molar-refractivity contribution in [1.82, 2.24) is 4.90 Å². The molecule has 1 aromatic carbocycles. The number of rotatable bonds is 2. The average Bonchev–Trinajstić information content (AvgIpc) is 2.40. The highest BCUT2D eigenvalue weighted by Gasteiger charge is 2.18. The van der Waals surface area contributed by atoms with E-state index in [2.05, 4.69) is 5.32 Å². The van der Waals surface area contributed by atoms with Crippen LogP contribution < -0.4 is 10.1 Å². The number of halogens is 1. The van der Waals surface area contributed by atoms with Gasteiger partial charge in [-0.1, -0.05) is 11.6 Å². The van der Waals surface area contributed by atoms with E-state index in [9.17, 15) is 4.79 Å². The maximum absolute atomic E-state index is 12.1. The zero-order valence-corrected chi connectivity index (χ0v) is 11.7. The van der Waals surface area contributed by atoms with Crippen LogP contribution >= 0.6 is 23.4 Å². The Hall–Kier alpha value is -1.07. The average molecular weight is 287 g/mol. The van der Waals surface area contributed by atoms with Crippen molar-refractivity contribution in [2.75, 3.05) is 37.0 Å². The summed E-state index contributed by atoms with van der Waals surface area (Å²) in [5.41, 5.74) is 0.605. The van der Waals surface area contributed by atoms with Crippen molar-refractivity contribution in [2.45, 2.75) is 0 Å². The largest absolute Gasteiger partial charge is 0.495 e. The van der Waals surface area contributed by atoms with Crippen LogP contribution in [0.4, 0.5) is 10.5 Å². The molecule has 0 unspecified atom stereocenters. The van der Waals surface area contributed by atoms with Crippen LogP contribution in [0.5, 0.6) is 5.75 Å². The van der Waals surface area contributed by atoms with Gasteiger partial charge in [0.1, 0.15) is 5.75 Å². The molecule has 0 bridgehead atoms. The number of anilines is 1. The molecule has 2 amide bonds. The highest BCUT2D eigenvalue weighted by Crippen LogP contribution is 2.28. The van der Waals surface area contributed by atoms with Crippen molar-refractivity contribution in [3.8, 4) is 5.75 Å². The molecule has 4 nitrogen and oxygen atoms in total. The monoisotopic (exact) mass is 286 g/mol. The molecule has 6 heteroatoms. The minimum absolute atomic E-state index is 0.101. The Balaban J connectivity index is 2.07. The van der Waals surface area contributed by atoms with Crippen molar-refractivity contribution in [3.05, 3.63) is 23.2 Å². The third-order valence-corrected chi connectivity index (χ3v) is 3.88. The van der Waals surface area contributed by atoms with Crippen LogP contribution in [0.3, 0.4) is 0 Å². The van der Waals surface area contributed by atoms with E-state index >= 15 is 0 Å². The molecule has 0 saturated carbocycles. The van der Waals surface area contributed by atoms with Gasteiger partial charge in [-0.25, -0.2) is 4.79 Å². The normalized spacial score (nSPS) is 15.3. The number of hydrogen-bond acceptors (Lipinski definition) is 3. The predicted octanol–water partition coefficient (Wildman–Crippen LogP) is 2.93. The lowest BCUT2D eigenvalue weighted by Crippen LogP contribution is -2.40. The van der Waals surface area contributed by atoms with Crippen LogP contribution in [0.1, 0.15) is 0 Å². The smallest absolute Gasteiger partial charge is 0.322 e. The SMILES string of the molecule is COc1ccc(Cl)cc1NC(=O)N1CCSCC1. The number of ether oxygens (including phenoxy) is 1. The summed E-state index contributed by atoms with van der Waals surface area (Å²) < 4.78 is 5.19. The molecule has 1 aliphatic heterocycles. The van der Waals surface area contributed by atoms with E-state index in [-0.39, 0.29) is 6.03 Å². The molecule has 0 aliphatic carbocycles. The second-order valence-corrected chi connectivity index (χ2v) is 5.54. The molecule has 18 heavy (non-hydrogen) atoms. The number of thioether (sulfide) groups is 1. The summed E-state index contributed by atoms with van der Waals surface area (Å²) in [6, 6.07) is 5.06. The van der Waals surface area contributed by atoms with Crippen LogP contribution in [0.2, 0.25) is 5.02 Å². The fourth-order valence-electron chi connectivity index (χ4n) is 1.74. The minimum Gasteiger partial charge on any atom is -0.495 e. The van der Waals surface area contributed by atoms with Crippen molar-refractivity contribution in [1.29, 1.82) is 0 Å². The standard InChI is InChI=1S/C12H15ClN2O2S/c1-17-11-3-2-9(13)8-10(11)14-12(16)15-4-6-18-7-5-15/h2-3,8H,4-7H2,1H3,(H,14,16). The Morgan fingerprint density at radius 3 is 2.83 bits per heavy atom. The first-order valence-electron chi connectivity index (χ1n) is 5.68. The summed E-state index contributed by atoms with van der Waals surface area (Å²) >= 11 is 7.78. The Morgan fingerprint density at radius 2 is 2.17 bits per heavy atom. The molecule has 1 fully saturated rings. The van der Waals surface area contributed by atoms with E-state index in [0.717, 1.165) is 24.6 Å². The lowest BCUT2D eigenvalue weighted by Gasteiger charge is -2.26. The molecule has 1 aliphatic rings. The Kier molecular flexibility index (Phi) is 4.60. The molecule has 0 spiro atoms. The zero-order valence-electron chi connectivity index (χ0n) is 10.1. The molecule has 98 valence electrons. The third-order valence-electron chi connectivity index (χ3n) is 2.70. The van der Waals surface area contributed by atoms with Crippen LogP contribution in [0.15, 0.2) is 18.2 Å². The van der Waals surface area contributed by atoms with Gasteiger partial charge in [0.15, 0.2) is 0 Å². The molecule has 1 heterocycles. The van der Waals surface area contributed by atoms with Gasteiger partial charge >= 0.3 is 6.03 Å². The molecular formula is C12H15ClN2O2S. The van der Waals surface area contributed by atoms with E-state index in [0.29, 0.717) is 16.5 Å². The van der Waals surface area contributed by atoms with Crippen molar-refractivity contribution in [2.24, 2.45) is 0 Å². The Bertz CT molecular complexity index is 436. The second kappa shape index (κ2) is 6.20. The number of nitrogens with zero attached hydrogens (tertiary/aromatic N) is 1. The molecule has 2 rings (SSSR count).